The second-order valence-corrected chi connectivity index (χ2v) is 18.1. The van der Waals surface area contributed by atoms with Crippen molar-refractivity contribution >= 4 is 58.0 Å². The number of fused-ring (bicyclic) bond motifs is 14. The maximum Gasteiger partial charge on any atom is 0.330 e. The van der Waals surface area contributed by atoms with Gasteiger partial charge < -0.3 is 72.3 Å². The van der Waals surface area contributed by atoms with Gasteiger partial charge in [-0.25, -0.2) is 4.79 Å². The highest BCUT2D eigenvalue weighted by Gasteiger charge is 2.37. The molecule has 6 atom stereocenters. The fourth-order valence-corrected chi connectivity index (χ4v) is 9.30. The molecule has 6 aromatic carbocycles. The first-order valence-corrected chi connectivity index (χ1v) is 22.9. The van der Waals surface area contributed by atoms with E-state index in [1.807, 2.05) is 0 Å². The summed E-state index contributed by atoms with van der Waals surface area (Å²) in [6.07, 6.45) is 1.40. The number of H-pyrrole nitrogens is 1. The van der Waals surface area contributed by atoms with Gasteiger partial charge in [-0.1, -0.05) is 48.0 Å². The Kier molecular flexibility index (Phi) is 12.2. The molecule has 0 radical (unpaired) electrons. The number of halogens is 1. The maximum atomic E-state index is 15.4. The van der Waals surface area contributed by atoms with E-state index in [1.165, 1.54) is 60.7 Å². The standard InChI is InChI=1S/C52H42ClN7O13/c53-34-15-24-5-10-39(34)73-40-18-25(4-9-38(40)63)45(52(70)71)60-48(66)37-11-22-1-6-31(7-2-22)72-41-19-27-14-33(46(41)64)23-3-8-32-28(21-55-36(32)17-23)16-35(54)47(65)57-43(26-12-29(61)20-30(62)13-26)50(68)59-44(27)51(69)58-42(24)49(67)56-37/h1-10,12-15,17-21,35,37,42-45,55,61-64H,11,16,54H2,(H,56,67)(H,57,65)(H,58,69)(H,59,68)(H,60,66)(H,70,71). The number of amides is 5. The Hall–Kier alpha value is -9.27. The van der Waals surface area contributed by atoms with Crippen LogP contribution in [0, 0.1) is 0 Å². The number of phenolic OH excluding ortho intramolecular Hbond substituents is 4. The van der Waals surface area contributed by atoms with Crippen LogP contribution in [-0.4, -0.2) is 78.1 Å². The molecule has 13 rings (SSSR count). The summed E-state index contributed by atoms with van der Waals surface area (Å²) >= 11 is 6.78. The van der Waals surface area contributed by atoms with Crippen LogP contribution >= 0.6 is 11.6 Å². The topological polar surface area (TPSA) is 324 Å². The van der Waals surface area contributed by atoms with E-state index >= 15 is 4.79 Å². The normalized spacial score (nSPS) is 21.0. The third-order valence-corrected chi connectivity index (χ3v) is 13.1. The van der Waals surface area contributed by atoms with Crippen molar-refractivity contribution in [3.63, 3.8) is 0 Å². The number of benzene rings is 6. The highest BCUT2D eigenvalue weighted by atomic mass is 35.5. The molecule has 5 amide bonds. The van der Waals surface area contributed by atoms with Gasteiger partial charge >= 0.3 is 5.97 Å². The van der Waals surface area contributed by atoms with Crippen LogP contribution in [0.25, 0.3) is 22.0 Å². The van der Waals surface area contributed by atoms with Crippen molar-refractivity contribution in [1.29, 1.82) is 0 Å². The number of nitrogens with one attached hydrogen (secondary N) is 6. The van der Waals surface area contributed by atoms with Gasteiger partial charge in [0, 0.05) is 35.2 Å². The van der Waals surface area contributed by atoms with Crippen LogP contribution in [0.15, 0.2) is 115 Å². The maximum absolute atomic E-state index is 15.4. The van der Waals surface area contributed by atoms with Crippen molar-refractivity contribution in [3.8, 4) is 57.1 Å². The minimum Gasteiger partial charge on any atom is -0.508 e. The number of nitrogens with two attached hydrogens (primary N) is 1. The van der Waals surface area contributed by atoms with Crippen molar-refractivity contribution < 1.29 is 63.8 Å². The van der Waals surface area contributed by atoms with Gasteiger partial charge in [-0.2, -0.15) is 0 Å². The van der Waals surface area contributed by atoms with Crippen LogP contribution in [-0.2, 0) is 41.6 Å². The minimum atomic E-state index is -1.87. The van der Waals surface area contributed by atoms with E-state index in [1.54, 1.807) is 36.5 Å². The van der Waals surface area contributed by atoms with E-state index in [2.05, 4.69) is 31.6 Å². The lowest BCUT2D eigenvalue weighted by atomic mass is 9.94. The largest absolute Gasteiger partial charge is 0.508 e. The molecular weight excluding hydrogens is 966 g/mol. The van der Waals surface area contributed by atoms with Crippen LogP contribution < -0.4 is 41.8 Å². The second-order valence-electron chi connectivity index (χ2n) is 17.7. The van der Waals surface area contributed by atoms with E-state index in [-0.39, 0.29) is 74.4 Å². The van der Waals surface area contributed by atoms with Crippen LogP contribution in [0.2, 0.25) is 5.02 Å². The number of hydrogen-bond acceptors (Lipinski definition) is 13. The molecule has 21 heteroatoms. The molecule has 370 valence electrons. The Morgan fingerprint density at radius 3 is 1.93 bits per heavy atom. The third-order valence-electron chi connectivity index (χ3n) is 12.8. The Bertz CT molecular complexity index is 3430. The summed E-state index contributed by atoms with van der Waals surface area (Å²) in [5, 5.41) is 68.0. The Balaban J connectivity index is 1.18. The molecule has 0 fully saturated rings. The molecular formula is C52H42ClN7O13. The van der Waals surface area contributed by atoms with Gasteiger partial charge in [0.1, 0.15) is 47.2 Å². The zero-order valence-corrected chi connectivity index (χ0v) is 38.6. The second kappa shape index (κ2) is 18.8. The van der Waals surface area contributed by atoms with Crippen molar-refractivity contribution in [3.05, 3.63) is 154 Å². The molecule has 0 saturated heterocycles. The quantitative estimate of drug-likeness (QED) is 0.109. The van der Waals surface area contributed by atoms with Gasteiger partial charge in [0.25, 0.3) is 0 Å². The number of aromatic nitrogens is 1. The average Bonchev–Trinajstić information content (AvgIpc) is 3.75. The molecule has 6 unspecified atom stereocenters. The number of carbonyl (C=O) groups excluding carboxylic acids is 5. The highest BCUT2D eigenvalue weighted by molar-refractivity contribution is 6.32. The smallest absolute Gasteiger partial charge is 0.330 e. The number of phenols is 4. The van der Waals surface area contributed by atoms with Gasteiger partial charge in [-0.3, -0.25) is 24.0 Å². The average molecular weight is 1010 g/mol. The lowest BCUT2D eigenvalue weighted by Gasteiger charge is -2.28. The van der Waals surface area contributed by atoms with Crippen molar-refractivity contribution in [1.82, 2.24) is 31.6 Å². The van der Waals surface area contributed by atoms with Crippen LogP contribution in [0.1, 0.15) is 57.5 Å². The van der Waals surface area contributed by atoms with Crippen LogP contribution in [0.3, 0.4) is 0 Å². The lowest BCUT2D eigenvalue weighted by molar-refractivity contribution is -0.142. The summed E-state index contributed by atoms with van der Waals surface area (Å²) in [5.74, 6) is -8.59. The number of aromatic amines is 1. The van der Waals surface area contributed by atoms with Crippen LogP contribution in [0.5, 0.6) is 46.0 Å². The van der Waals surface area contributed by atoms with E-state index in [0.29, 0.717) is 27.6 Å². The predicted octanol–water partition coefficient (Wildman–Crippen LogP) is 4.95. The number of carboxylic acids is 1. The van der Waals surface area contributed by atoms with Gasteiger partial charge in [-0.05, 0) is 112 Å². The van der Waals surface area contributed by atoms with E-state index < -0.39 is 89.0 Å². The van der Waals surface area contributed by atoms with E-state index in [0.717, 1.165) is 18.2 Å². The summed E-state index contributed by atoms with van der Waals surface area (Å²) in [7, 11) is 0. The Morgan fingerprint density at radius 1 is 0.589 bits per heavy atom. The highest BCUT2D eigenvalue weighted by Crippen LogP contribution is 2.44. The molecule has 15 bridgehead atoms. The monoisotopic (exact) mass is 1010 g/mol. The van der Waals surface area contributed by atoms with Gasteiger partial charge in [0.2, 0.25) is 29.5 Å². The summed E-state index contributed by atoms with van der Waals surface area (Å²) in [4.78, 5) is 89.5. The number of aliphatic carboxylic acids is 1. The first-order valence-electron chi connectivity index (χ1n) is 22.5. The van der Waals surface area contributed by atoms with Gasteiger partial charge in [-0.15, -0.1) is 0 Å². The van der Waals surface area contributed by atoms with Crippen molar-refractivity contribution in [2.45, 2.75) is 49.1 Å². The third kappa shape index (κ3) is 9.42. The zero-order valence-electron chi connectivity index (χ0n) is 37.8. The Labute approximate surface area is 417 Å². The summed E-state index contributed by atoms with van der Waals surface area (Å²) in [6.45, 7) is 0. The Morgan fingerprint density at radius 2 is 1.23 bits per heavy atom. The molecule has 0 aliphatic carbocycles. The zero-order chi connectivity index (χ0) is 51.4. The fourth-order valence-electron chi connectivity index (χ4n) is 9.07. The summed E-state index contributed by atoms with van der Waals surface area (Å²) in [5.41, 5.74) is 8.49. The predicted molar refractivity (Wildman–Crippen MR) is 260 cm³/mol. The van der Waals surface area contributed by atoms with Crippen LogP contribution in [0.4, 0.5) is 0 Å². The summed E-state index contributed by atoms with van der Waals surface area (Å²) < 4.78 is 12.3. The molecule has 6 aliphatic heterocycles. The number of aromatic hydroxyl groups is 4. The molecule has 73 heavy (non-hydrogen) atoms. The number of carbonyl (C=O) groups is 6. The molecule has 13 N–H and O–H groups in total. The fraction of sp³-hybridized carbons (Fsp3) is 0.154. The first kappa shape index (κ1) is 47.4. The number of hydrogen-bond donors (Lipinski definition) is 12. The molecule has 6 aliphatic rings. The van der Waals surface area contributed by atoms with E-state index in [9.17, 15) is 49.5 Å². The number of rotatable bonds is 2. The lowest BCUT2D eigenvalue weighted by Crippen LogP contribution is -2.54. The van der Waals surface area contributed by atoms with Gasteiger partial charge in [0.15, 0.2) is 29.0 Å². The summed E-state index contributed by atoms with van der Waals surface area (Å²) in [6, 6.07) is 15.0. The molecule has 7 heterocycles. The first-order chi connectivity index (χ1) is 35.0. The molecule has 1 aromatic heterocycles. The molecule has 0 saturated carbocycles. The molecule has 20 nitrogen and oxygen atoms in total. The minimum absolute atomic E-state index is 0.00650. The van der Waals surface area contributed by atoms with Crippen molar-refractivity contribution in [2.75, 3.05) is 0 Å². The number of carboxylic acid groups (broad SMARTS) is 1. The number of ether oxygens (including phenoxy) is 2. The molecule has 0 spiro atoms. The molecule has 7 aromatic rings. The van der Waals surface area contributed by atoms with Crippen molar-refractivity contribution in [2.24, 2.45) is 5.73 Å². The van der Waals surface area contributed by atoms with E-state index in [4.69, 9.17) is 26.8 Å². The SMILES string of the molecule is NC1Cc2c[nH]c3cc(ccc23)-c2cc3cc(c2O)Oc2ccc(cc2)CC2NC(=O)C(NC(=O)C3NC(=O)C(c3cc(O)cc(O)c3)NC1=O)c1ccc(c(Cl)c1)Oc1cc(ccc1O)C(C(=O)O)NC2=O. The van der Waals surface area contributed by atoms with Gasteiger partial charge in [0.05, 0.1) is 11.1 Å².